The number of hydrogen-bond donors (Lipinski definition) is 1. The lowest BCUT2D eigenvalue weighted by atomic mass is 9.79. The molecule has 0 bridgehead atoms. The molecule has 108 valence electrons. The fourth-order valence-electron chi connectivity index (χ4n) is 3.78. The Kier molecular flexibility index (Phi) is 3.38. The number of nitrogens with two attached hydrogens (primary N) is 1. The standard InChI is InChI=1S/C15H22N4O/c1-18-7-2-4-15(10-18)5-8-19(11-15)13-3-6-17-9-12(13)14(16)20/h3,6,9H,2,4-5,7-8,10-11H2,1H3,(H2,16,20). The summed E-state index contributed by atoms with van der Waals surface area (Å²) in [5, 5.41) is 0. The predicted octanol–water partition coefficient (Wildman–Crippen LogP) is 1.10. The Labute approximate surface area is 119 Å². The molecular formula is C15H22N4O. The minimum Gasteiger partial charge on any atom is -0.370 e. The van der Waals surface area contributed by atoms with Gasteiger partial charge in [0.25, 0.3) is 5.91 Å². The van der Waals surface area contributed by atoms with Gasteiger partial charge >= 0.3 is 0 Å². The van der Waals surface area contributed by atoms with E-state index in [1.807, 2.05) is 6.07 Å². The van der Waals surface area contributed by atoms with Gasteiger partial charge in [-0.3, -0.25) is 9.78 Å². The van der Waals surface area contributed by atoms with Crippen molar-refractivity contribution in [2.24, 2.45) is 11.1 Å². The SMILES string of the molecule is CN1CCCC2(CCN(c3ccncc3C(N)=O)C2)C1. The lowest BCUT2D eigenvalue weighted by Crippen LogP contribution is -2.43. The average Bonchev–Trinajstić information content (AvgIpc) is 2.82. The third-order valence-electron chi connectivity index (χ3n) is 4.69. The average molecular weight is 274 g/mol. The molecule has 3 rings (SSSR count). The molecule has 20 heavy (non-hydrogen) atoms. The zero-order valence-corrected chi connectivity index (χ0v) is 12.0. The summed E-state index contributed by atoms with van der Waals surface area (Å²) >= 11 is 0. The molecule has 2 saturated heterocycles. The third kappa shape index (κ3) is 2.38. The molecule has 3 heterocycles. The van der Waals surface area contributed by atoms with Crippen LogP contribution < -0.4 is 10.6 Å². The van der Waals surface area contributed by atoms with Gasteiger partial charge in [-0.1, -0.05) is 0 Å². The first-order valence-electron chi connectivity index (χ1n) is 7.27. The second kappa shape index (κ2) is 5.05. The van der Waals surface area contributed by atoms with Crippen molar-refractivity contribution in [3.8, 4) is 0 Å². The Morgan fingerprint density at radius 3 is 2.95 bits per heavy atom. The van der Waals surface area contributed by atoms with Crippen molar-refractivity contribution in [2.75, 3.05) is 38.1 Å². The van der Waals surface area contributed by atoms with Gasteiger partial charge in [0, 0.05) is 37.4 Å². The second-order valence-corrected chi connectivity index (χ2v) is 6.27. The van der Waals surface area contributed by atoms with Gasteiger partial charge < -0.3 is 15.5 Å². The lowest BCUT2D eigenvalue weighted by Gasteiger charge is -2.38. The van der Waals surface area contributed by atoms with Gasteiger partial charge in [0.1, 0.15) is 0 Å². The summed E-state index contributed by atoms with van der Waals surface area (Å²) in [7, 11) is 2.20. The molecule has 0 saturated carbocycles. The molecule has 2 aliphatic rings. The molecule has 1 aromatic rings. The molecule has 0 aromatic carbocycles. The highest BCUT2D eigenvalue weighted by molar-refractivity contribution is 5.98. The molecular weight excluding hydrogens is 252 g/mol. The van der Waals surface area contributed by atoms with E-state index in [0.717, 1.165) is 25.3 Å². The van der Waals surface area contributed by atoms with E-state index in [0.29, 0.717) is 11.0 Å². The minimum atomic E-state index is -0.394. The molecule has 5 heteroatoms. The fourth-order valence-corrected chi connectivity index (χ4v) is 3.78. The van der Waals surface area contributed by atoms with Crippen molar-refractivity contribution < 1.29 is 4.79 Å². The van der Waals surface area contributed by atoms with Gasteiger partial charge in [-0.15, -0.1) is 0 Å². The normalized spacial score (nSPS) is 27.1. The first kappa shape index (κ1) is 13.4. The van der Waals surface area contributed by atoms with E-state index in [1.54, 1.807) is 12.4 Å². The van der Waals surface area contributed by atoms with Crippen LogP contribution in [-0.4, -0.2) is 49.0 Å². The summed E-state index contributed by atoms with van der Waals surface area (Å²) < 4.78 is 0. The first-order chi connectivity index (χ1) is 9.60. The van der Waals surface area contributed by atoms with Crippen LogP contribution in [0.2, 0.25) is 0 Å². The van der Waals surface area contributed by atoms with Crippen molar-refractivity contribution in [1.82, 2.24) is 9.88 Å². The molecule has 1 unspecified atom stereocenters. The Hall–Kier alpha value is -1.62. The first-order valence-corrected chi connectivity index (χ1v) is 7.27. The molecule has 2 aliphatic heterocycles. The number of hydrogen-bond acceptors (Lipinski definition) is 4. The van der Waals surface area contributed by atoms with Crippen LogP contribution >= 0.6 is 0 Å². The smallest absolute Gasteiger partial charge is 0.252 e. The van der Waals surface area contributed by atoms with Gasteiger partial charge in [0.05, 0.1) is 11.3 Å². The van der Waals surface area contributed by atoms with Crippen molar-refractivity contribution >= 4 is 11.6 Å². The molecule has 1 atom stereocenters. The van der Waals surface area contributed by atoms with Crippen molar-refractivity contribution in [2.45, 2.75) is 19.3 Å². The van der Waals surface area contributed by atoms with E-state index in [2.05, 4.69) is 21.8 Å². The van der Waals surface area contributed by atoms with Gasteiger partial charge in [-0.05, 0) is 38.9 Å². The molecule has 1 spiro atoms. The zero-order valence-electron chi connectivity index (χ0n) is 12.0. The van der Waals surface area contributed by atoms with Gasteiger partial charge in [0.15, 0.2) is 0 Å². The molecule has 5 nitrogen and oxygen atoms in total. The van der Waals surface area contributed by atoms with Crippen molar-refractivity contribution in [3.63, 3.8) is 0 Å². The monoisotopic (exact) mass is 274 g/mol. The van der Waals surface area contributed by atoms with E-state index in [1.165, 1.54) is 25.8 Å². The molecule has 2 N–H and O–H groups in total. The number of pyridine rings is 1. The summed E-state index contributed by atoms with van der Waals surface area (Å²) in [6.07, 6.45) is 7.06. The maximum atomic E-state index is 11.5. The second-order valence-electron chi connectivity index (χ2n) is 6.27. The van der Waals surface area contributed by atoms with Crippen LogP contribution in [0.25, 0.3) is 0 Å². The largest absolute Gasteiger partial charge is 0.370 e. The molecule has 1 aromatic heterocycles. The van der Waals surface area contributed by atoms with E-state index in [9.17, 15) is 4.79 Å². The fraction of sp³-hybridized carbons (Fsp3) is 0.600. The van der Waals surface area contributed by atoms with E-state index in [-0.39, 0.29) is 0 Å². The summed E-state index contributed by atoms with van der Waals surface area (Å²) in [6.45, 7) is 4.36. The number of rotatable bonds is 2. The Morgan fingerprint density at radius 2 is 2.20 bits per heavy atom. The minimum absolute atomic E-state index is 0.380. The molecule has 2 fully saturated rings. The predicted molar refractivity (Wildman–Crippen MR) is 78.7 cm³/mol. The number of anilines is 1. The zero-order chi connectivity index (χ0) is 14.2. The number of amides is 1. The van der Waals surface area contributed by atoms with E-state index in [4.69, 9.17) is 5.73 Å². The highest BCUT2D eigenvalue weighted by Gasteiger charge is 2.41. The van der Waals surface area contributed by atoms with Crippen LogP contribution in [0.4, 0.5) is 5.69 Å². The van der Waals surface area contributed by atoms with Crippen molar-refractivity contribution in [1.29, 1.82) is 0 Å². The maximum absolute atomic E-state index is 11.5. The Bertz CT molecular complexity index is 518. The van der Waals surface area contributed by atoms with Crippen LogP contribution in [0, 0.1) is 5.41 Å². The lowest BCUT2D eigenvalue weighted by molar-refractivity contribution is 0.1000. The van der Waals surface area contributed by atoms with Crippen LogP contribution in [-0.2, 0) is 0 Å². The van der Waals surface area contributed by atoms with Crippen LogP contribution in [0.15, 0.2) is 18.5 Å². The molecule has 1 amide bonds. The van der Waals surface area contributed by atoms with Gasteiger partial charge in [0.2, 0.25) is 0 Å². The summed E-state index contributed by atoms with van der Waals surface area (Å²) in [5.41, 5.74) is 7.32. The van der Waals surface area contributed by atoms with E-state index < -0.39 is 5.91 Å². The van der Waals surface area contributed by atoms with Crippen molar-refractivity contribution in [3.05, 3.63) is 24.0 Å². The van der Waals surface area contributed by atoms with Crippen LogP contribution in [0.3, 0.4) is 0 Å². The van der Waals surface area contributed by atoms with Gasteiger partial charge in [-0.2, -0.15) is 0 Å². The number of nitrogens with zero attached hydrogens (tertiary/aromatic N) is 3. The number of piperidine rings is 1. The molecule has 0 radical (unpaired) electrons. The number of likely N-dealkylation sites (tertiary alicyclic amines) is 1. The number of primary amides is 1. The highest BCUT2D eigenvalue weighted by atomic mass is 16.1. The topological polar surface area (TPSA) is 62.5 Å². The number of aromatic nitrogens is 1. The van der Waals surface area contributed by atoms with Crippen LogP contribution in [0.5, 0.6) is 0 Å². The summed E-state index contributed by atoms with van der Waals surface area (Å²) in [6, 6.07) is 1.91. The summed E-state index contributed by atoms with van der Waals surface area (Å²) in [4.78, 5) is 20.3. The summed E-state index contributed by atoms with van der Waals surface area (Å²) in [5.74, 6) is -0.394. The van der Waals surface area contributed by atoms with Crippen LogP contribution in [0.1, 0.15) is 29.6 Å². The number of carbonyl (C=O) groups excluding carboxylic acids is 1. The number of carbonyl (C=O) groups is 1. The highest BCUT2D eigenvalue weighted by Crippen LogP contribution is 2.40. The van der Waals surface area contributed by atoms with Gasteiger partial charge in [-0.25, -0.2) is 0 Å². The third-order valence-corrected chi connectivity index (χ3v) is 4.69. The molecule has 0 aliphatic carbocycles. The Balaban J connectivity index is 1.82. The maximum Gasteiger partial charge on any atom is 0.252 e. The Morgan fingerprint density at radius 1 is 1.35 bits per heavy atom. The quantitative estimate of drug-likeness (QED) is 0.877. The van der Waals surface area contributed by atoms with E-state index >= 15 is 0 Å².